The van der Waals surface area contributed by atoms with E-state index in [1.54, 1.807) is 0 Å². The Morgan fingerprint density at radius 2 is 2.00 bits per heavy atom. The molecule has 8 nitrogen and oxygen atoms in total. The van der Waals surface area contributed by atoms with E-state index in [0.717, 1.165) is 31.4 Å². The van der Waals surface area contributed by atoms with Crippen molar-refractivity contribution in [3.63, 3.8) is 0 Å². The lowest BCUT2D eigenvalue weighted by Gasteiger charge is -2.31. The summed E-state index contributed by atoms with van der Waals surface area (Å²) >= 11 is 0. The van der Waals surface area contributed by atoms with Crippen molar-refractivity contribution in [2.24, 2.45) is 0 Å². The van der Waals surface area contributed by atoms with E-state index in [-0.39, 0.29) is 11.4 Å². The third-order valence-electron chi connectivity index (χ3n) is 6.66. The van der Waals surface area contributed by atoms with E-state index in [2.05, 4.69) is 42.1 Å². The molecule has 1 N–H and O–H groups in total. The summed E-state index contributed by atoms with van der Waals surface area (Å²) in [5, 5.41) is 8.93. The molecule has 1 aliphatic carbocycles. The molecule has 3 aromatic rings. The van der Waals surface area contributed by atoms with Gasteiger partial charge in [-0.1, -0.05) is 0 Å². The van der Waals surface area contributed by atoms with Crippen molar-refractivity contribution < 1.29 is 9.21 Å². The highest BCUT2D eigenvalue weighted by Crippen LogP contribution is 2.40. The Morgan fingerprint density at radius 1 is 1.26 bits per heavy atom. The molecule has 0 unspecified atom stereocenters. The summed E-state index contributed by atoms with van der Waals surface area (Å²) < 4.78 is 7.85. The minimum atomic E-state index is 0.00112. The Balaban J connectivity index is 1.36. The first-order chi connectivity index (χ1) is 14.8. The van der Waals surface area contributed by atoms with Crippen molar-refractivity contribution in [1.82, 2.24) is 24.6 Å². The maximum atomic E-state index is 13.5. The zero-order valence-electron chi connectivity index (χ0n) is 18.7. The van der Waals surface area contributed by atoms with Gasteiger partial charge < -0.3 is 14.6 Å². The van der Waals surface area contributed by atoms with Crippen LogP contribution in [-0.4, -0.2) is 49.2 Å². The number of fused-ring (bicyclic) bond motifs is 1. The molecule has 0 bridgehead atoms. The summed E-state index contributed by atoms with van der Waals surface area (Å²) in [6, 6.07) is 2.47. The molecule has 0 atom stereocenters. The van der Waals surface area contributed by atoms with Crippen LogP contribution in [0.3, 0.4) is 0 Å². The van der Waals surface area contributed by atoms with Gasteiger partial charge in [-0.05, 0) is 59.4 Å². The summed E-state index contributed by atoms with van der Waals surface area (Å²) in [6.45, 7) is 9.68. The molecule has 1 amide bonds. The van der Waals surface area contributed by atoms with Crippen LogP contribution < -0.4 is 5.32 Å². The monoisotopic (exact) mass is 422 g/mol. The predicted octanol–water partition coefficient (Wildman–Crippen LogP) is 4.29. The first-order valence-corrected chi connectivity index (χ1v) is 11.2. The third-order valence-corrected chi connectivity index (χ3v) is 6.66. The highest BCUT2D eigenvalue weighted by Gasteiger charge is 2.39. The molecule has 4 heterocycles. The minimum Gasteiger partial charge on any atom is -0.442 e. The molecule has 5 rings (SSSR count). The van der Waals surface area contributed by atoms with Crippen LogP contribution in [-0.2, 0) is 0 Å². The van der Waals surface area contributed by atoms with Crippen molar-refractivity contribution in [2.45, 2.75) is 70.9 Å². The topological polar surface area (TPSA) is 89.1 Å². The summed E-state index contributed by atoms with van der Waals surface area (Å²) in [6.07, 6.45) is 7.56. The van der Waals surface area contributed by atoms with Gasteiger partial charge in [-0.15, -0.1) is 0 Å². The second kappa shape index (κ2) is 7.35. The second-order valence-electron chi connectivity index (χ2n) is 9.50. The van der Waals surface area contributed by atoms with Crippen LogP contribution in [0.5, 0.6) is 0 Å². The number of hydrogen-bond acceptors (Lipinski definition) is 6. The minimum absolute atomic E-state index is 0.00112. The van der Waals surface area contributed by atoms with Gasteiger partial charge in [-0.2, -0.15) is 5.10 Å². The Hall–Kier alpha value is -2.90. The SMILES string of the molecule is Cc1oc2ncnc(NC3(C)CC3)c2c1C(=O)N1CCC(c2ccn(C(C)C)n2)CC1. The zero-order chi connectivity index (χ0) is 21.8. The van der Waals surface area contributed by atoms with Crippen molar-refractivity contribution >= 4 is 22.8 Å². The van der Waals surface area contributed by atoms with Crippen LogP contribution in [0, 0.1) is 6.92 Å². The molecule has 1 saturated heterocycles. The van der Waals surface area contributed by atoms with E-state index in [4.69, 9.17) is 9.52 Å². The molecule has 2 aliphatic rings. The second-order valence-corrected chi connectivity index (χ2v) is 9.50. The number of piperidine rings is 1. The van der Waals surface area contributed by atoms with Crippen molar-refractivity contribution in [2.75, 3.05) is 18.4 Å². The lowest BCUT2D eigenvalue weighted by atomic mass is 9.93. The van der Waals surface area contributed by atoms with E-state index < -0.39 is 0 Å². The van der Waals surface area contributed by atoms with E-state index >= 15 is 0 Å². The van der Waals surface area contributed by atoms with E-state index in [1.807, 2.05) is 22.7 Å². The molecule has 3 aromatic heterocycles. The average Bonchev–Trinajstić information content (AvgIpc) is 3.16. The molecule has 1 saturated carbocycles. The molecule has 2 fully saturated rings. The zero-order valence-corrected chi connectivity index (χ0v) is 18.7. The number of furan rings is 1. The number of carbonyl (C=O) groups is 1. The van der Waals surface area contributed by atoms with Gasteiger partial charge in [-0.25, -0.2) is 9.97 Å². The third kappa shape index (κ3) is 3.68. The van der Waals surface area contributed by atoms with E-state index in [0.29, 0.717) is 53.3 Å². The maximum Gasteiger partial charge on any atom is 0.258 e. The normalized spacial score (nSPS) is 18.7. The quantitative estimate of drug-likeness (QED) is 0.660. The number of anilines is 1. The smallest absolute Gasteiger partial charge is 0.258 e. The highest BCUT2D eigenvalue weighted by molar-refractivity contribution is 6.10. The van der Waals surface area contributed by atoms with E-state index in [1.165, 1.54) is 6.33 Å². The number of carbonyl (C=O) groups excluding carboxylic acids is 1. The van der Waals surface area contributed by atoms with E-state index in [9.17, 15) is 4.79 Å². The first kappa shape index (κ1) is 20.0. The fourth-order valence-corrected chi connectivity index (χ4v) is 4.39. The molecule has 31 heavy (non-hydrogen) atoms. The van der Waals surface area contributed by atoms with Gasteiger partial charge in [0, 0.05) is 36.8 Å². The molecule has 1 aliphatic heterocycles. The number of nitrogens with one attached hydrogen (secondary N) is 1. The van der Waals surface area contributed by atoms with Crippen molar-refractivity contribution in [3.8, 4) is 0 Å². The first-order valence-electron chi connectivity index (χ1n) is 11.2. The molecule has 0 radical (unpaired) electrons. The predicted molar refractivity (Wildman–Crippen MR) is 118 cm³/mol. The molecular formula is C23H30N6O2. The lowest BCUT2D eigenvalue weighted by Crippen LogP contribution is -2.38. The van der Waals surface area contributed by atoms with Gasteiger partial charge in [0.1, 0.15) is 17.9 Å². The van der Waals surface area contributed by atoms with Crippen LogP contribution in [0.15, 0.2) is 23.0 Å². The number of aryl methyl sites for hydroxylation is 1. The number of rotatable bonds is 5. The number of nitrogens with zero attached hydrogens (tertiary/aromatic N) is 5. The summed E-state index contributed by atoms with van der Waals surface area (Å²) in [5.74, 6) is 1.68. The number of amides is 1. The summed E-state index contributed by atoms with van der Waals surface area (Å²) in [5.41, 5.74) is 2.23. The average molecular weight is 423 g/mol. The van der Waals surface area contributed by atoms with Gasteiger partial charge in [0.05, 0.1) is 16.6 Å². The molecule has 0 spiro atoms. The Morgan fingerprint density at radius 3 is 2.65 bits per heavy atom. The van der Waals surface area contributed by atoms with Crippen LogP contribution in [0.25, 0.3) is 11.1 Å². The number of aromatic nitrogens is 4. The van der Waals surface area contributed by atoms with Gasteiger partial charge in [0.25, 0.3) is 5.91 Å². The lowest BCUT2D eigenvalue weighted by molar-refractivity contribution is 0.0712. The summed E-state index contributed by atoms with van der Waals surface area (Å²) in [7, 11) is 0. The van der Waals surface area contributed by atoms with Gasteiger partial charge >= 0.3 is 0 Å². The maximum absolute atomic E-state index is 13.5. The highest BCUT2D eigenvalue weighted by atomic mass is 16.3. The van der Waals surface area contributed by atoms with Crippen molar-refractivity contribution in [1.29, 1.82) is 0 Å². The van der Waals surface area contributed by atoms with Crippen LogP contribution in [0.4, 0.5) is 5.82 Å². The Bertz CT molecular complexity index is 1120. The fourth-order valence-electron chi connectivity index (χ4n) is 4.39. The van der Waals surface area contributed by atoms with Gasteiger partial charge in [0.15, 0.2) is 0 Å². The number of likely N-dealkylation sites (tertiary alicyclic amines) is 1. The standard InChI is InChI=1S/C23H30N6O2/c1-14(2)29-12-7-17(27-29)16-5-10-28(11-6-16)22(30)18-15(3)31-21-19(18)20(24-13-25-21)26-23(4)8-9-23/h7,12-14,16H,5-6,8-11H2,1-4H3,(H,24,25,26). The van der Waals surface area contributed by atoms with Crippen molar-refractivity contribution in [3.05, 3.63) is 35.6 Å². The Kier molecular flexibility index (Phi) is 4.75. The fraction of sp³-hybridized carbons (Fsp3) is 0.565. The van der Waals surface area contributed by atoms with Crippen LogP contribution in [0.1, 0.15) is 80.2 Å². The number of hydrogen-bond donors (Lipinski definition) is 1. The molecular weight excluding hydrogens is 392 g/mol. The largest absolute Gasteiger partial charge is 0.442 e. The molecule has 8 heteroatoms. The molecule has 0 aromatic carbocycles. The van der Waals surface area contributed by atoms with Crippen LogP contribution in [0.2, 0.25) is 0 Å². The summed E-state index contributed by atoms with van der Waals surface area (Å²) in [4.78, 5) is 24.2. The van der Waals surface area contributed by atoms with Gasteiger partial charge in [-0.3, -0.25) is 9.48 Å². The van der Waals surface area contributed by atoms with Crippen LogP contribution >= 0.6 is 0 Å². The molecule has 164 valence electrons. The van der Waals surface area contributed by atoms with Gasteiger partial charge in [0.2, 0.25) is 5.71 Å². The Labute approximate surface area is 182 Å².